The Morgan fingerprint density at radius 3 is 2.13 bits per heavy atom. The van der Waals surface area contributed by atoms with Crippen LogP contribution in [0.2, 0.25) is 0 Å². The number of nitrogens with zero attached hydrogens (tertiary/aromatic N) is 2. The van der Waals surface area contributed by atoms with Gasteiger partial charge in [0.2, 0.25) is 0 Å². The fourth-order valence-electron chi connectivity index (χ4n) is 2.08. The summed E-state index contributed by atoms with van der Waals surface area (Å²) in [6.07, 6.45) is -6.62. The molecule has 1 aromatic heterocycles. The molecule has 0 saturated carbocycles. The molecule has 15 heteroatoms. The SMILES string of the molecule is CCn1cc(S(=O)(=O)Nc2cc(OCC(F)(F)F)cc(OCC(F)(F)C(F)F)c2)cn1. The van der Waals surface area contributed by atoms with Gasteiger partial charge < -0.3 is 9.47 Å². The van der Waals surface area contributed by atoms with Crippen LogP contribution in [-0.4, -0.2) is 49.9 Å². The Morgan fingerprint density at radius 2 is 1.65 bits per heavy atom. The monoisotopic (exact) mass is 479 g/mol. The Kier molecular flexibility index (Phi) is 7.28. The van der Waals surface area contributed by atoms with Crippen molar-refractivity contribution in [2.45, 2.75) is 36.9 Å². The molecule has 0 fully saturated rings. The van der Waals surface area contributed by atoms with Gasteiger partial charge in [-0.05, 0) is 6.92 Å². The summed E-state index contributed by atoms with van der Waals surface area (Å²) in [4.78, 5) is -0.289. The van der Waals surface area contributed by atoms with E-state index in [9.17, 15) is 39.2 Å². The number of halogens is 7. The summed E-state index contributed by atoms with van der Waals surface area (Å²) in [7, 11) is -4.27. The molecule has 1 aromatic carbocycles. The fraction of sp³-hybridized carbons (Fsp3) is 0.438. The van der Waals surface area contributed by atoms with E-state index in [1.54, 1.807) is 6.92 Å². The summed E-state index contributed by atoms with van der Waals surface area (Å²) in [5.74, 6) is -5.77. The van der Waals surface area contributed by atoms with Gasteiger partial charge in [0, 0.05) is 30.9 Å². The number of ether oxygens (including phenoxy) is 2. The molecule has 0 spiro atoms. The average Bonchev–Trinajstić information content (AvgIpc) is 3.14. The van der Waals surface area contributed by atoms with Crippen LogP contribution >= 0.6 is 0 Å². The molecule has 0 radical (unpaired) electrons. The van der Waals surface area contributed by atoms with Crippen molar-refractivity contribution in [2.75, 3.05) is 17.9 Å². The van der Waals surface area contributed by atoms with Crippen molar-refractivity contribution in [2.24, 2.45) is 0 Å². The van der Waals surface area contributed by atoms with E-state index in [0.717, 1.165) is 24.4 Å². The molecule has 1 heterocycles. The molecule has 31 heavy (non-hydrogen) atoms. The summed E-state index contributed by atoms with van der Waals surface area (Å²) in [5.41, 5.74) is -0.417. The smallest absolute Gasteiger partial charge is 0.422 e. The molecule has 0 aliphatic rings. The van der Waals surface area contributed by atoms with Crippen LogP contribution in [0.5, 0.6) is 11.5 Å². The van der Waals surface area contributed by atoms with E-state index >= 15 is 0 Å². The van der Waals surface area contributed by atoms with Gasteiger partial charge in [0.25, 0.3) is 10.0 Å². The molecule has 0 amide bonds. The largest absolute Gasteiger partial charge is 0.487 e. The lowest BCUT2D eigenvalue weighted by Gasteiger charge is -2.18. The molecule has 0 atom stereocenters. The molecular formula is C16H16F7N3O4S. The zero-order valence-electron chi connectivity index (χ0n) is 15.7. The molecule has 0 bridgehead atoms. The summed E-state index contributed by atoms with van der Waals surface area (Å²) in [5, 5.41) is 3.78. The Hall–Kier alpha value is -2.71. The summed E-state index contributed by atoms with van der Waals surface area (Å²) >= 11 is 0. The molecule has 2 aromatic rings. The maximum Gasteiger partial charge on any atom is 0.422 e. The number of aryl methyl sites for hydroxylation is 1. The normalized spacial score (nSPS) is 12.8. The number of alkyl halides is 7. The van der Waals surface area contributed by atoms with Crippen LogP contribution < -0.4 is 14.2 Å². The molecule has 174 valence electrons. The van der Waals surface area contributed by atoms with Gasteiger partial charge in [0.1, 0.15) is 16.4 Å². The molecule has 0 aliphatic heterocycles. The highest BCUT2D eigenvalue weighted by molar-refractivity contribution is 7.92. The third kappa shape index (κ3) is 7.18. The second-order valence-electron chi connectivity index (χ2n) is 6.08. The van der Waals surface area contributed by atoms with Crippen LogP contribution in [-0.2, 0) is 16.6 Å². The van der Waals surface area contributed by atoms with Gasteiger partial charge in [-0.15, -0.1) is 0 Å². The van der Waals surface area contributed by atoms with E-state index < -0.39 is 58.9 Å². The van der Waals surface area contributed by atoms with Crippen LogP contribution in [0, 0.1) is 0 Å². The van der Waals surface area contributed by atoms with Gasteiger partial charge in [-0.2, -0.15) is 27.1 Å². The van der Waals surface area contributed by atoms with Gasteiger partial charge >= 0.3 is 18.5 Å². The third-order valence-electron chi connectivity index (χ3n) is 3.53. The first-order chi connectivity index (χ1) is 14.2. The zero-order valence-corrected chi connectivity index (χ0v) is 16.5. The van der Waals surface area contributed by atoms with Crippen LogP contribution in [0.25, 0.3) is 0 Å². The first-order valence-corrected chi connectivity index (χ1v) is 9.89. The molecule has 0 aliphatic carbocycles. The van der Waals surface area contributed by atoms with Crippen LogP contribution in [0.4, 0.5) is 36.4 Å². The van der Waals surface area contributed by atoms with Crippen molar-refractivity contribution >= 4 is 15.7 Å². The second-order valence-corrected chi connectivity index (χ2v) is 7.77. The predicted octanol–water partition coefficient (Wildman–Crippen LogP) is 3.92. The summed E-state index contributed by atoms with van der Waals surface area (Å²) in [6, 6.07) is 2.38. The number of anilines is 1. The van der Waals surface area contributed by atoms with Crippen molar-refractivity contribution in [3.05, 3.63) is 30.6 Å². The van der Waals surface area contributed by atoms with Gasteiger partial charge in [-0.1, -0.05) is 0 Å². The highest BCUT2D eigenvalue weighted by Crippen LogP contribution is 2.31. The van der Waals surface area contributed by atoms with Crippen molar-refractivity contribution in [3.63, 3.8) is 0 Å². The quantitative estimate of drug-likeness (QED) is 0.523. The number of hydrogen-bond donors (Lipinski definition) is 1. The molecule has 0 saturated heterocycles. The first-order valence-electron chi connectivity index (χ1n) is 8.40. The lowest BCUT2D eigenvalue weighted by Crippen LogP contribution is -2.33. The Balaban J connectivity index is 2.31. The molecule has 2 rings (SSSR count). The predicted molar refractivity (Wildman–Crippen MR) is 93.1 cm³/mol. The number of sulfonamides is 1. The van der Waals surface area contributed by atoms with Gasteiger partial charge in [0.15, 0.2) is 13.2 Å². The van der Waals surface area contributed by atoms with Crippen LogP contribution in [0.3, 0.4) is 0 Å². The fourth-order valence-corrected chi connectivity index (χ4v) is 3.07. The Labute approximate surface area is 171 Å². The number of nitrogens with one attached hydrogen (secondary N) is 1. The maximum atomic E-state index is 13.1. The molecule has 0 unspecified atom stereocenters. The first kappa shape index (κ1) is 24.6. The van der Waals surface area contributed by atoms with E-state index in [2.05, 4.69) is 14.6 Å². The van der Waals surface area contributed by atoms with E-state index in [-0.39, 0.29) is 4.90 Å². The number of aromatic nitrogens is 2. The van der Waals surface area contributed by atoms with Crippen LogP contribution in [0.15, 0.2) is 35.5 Å². The average molecular weight is 479 g/mol. The highest BCUT2D eigenvalue weighted by Gasteiger charge is 2.41. The Morgan fingerprint density at radius 1 is 1.06 bits per heavy atom. The van der Waals surface area contributed by atoms with Gasteiger partial charge in [-0.3, -0.25) is 9.40 Å². The van der Waals surface area contributed by atoms with E-state index in [0.29, 0.717) is 6.54 Å². The second kappa shape index (κ2) is 9.20. The van der Waals surface area contributed by atoms with Gasteiger partial charge in [-0.25, -0.2) is 17.2 Å². The highest BCUT2D eigenvalue weighted by atomic mass is 32.2. The van der Waals surface area contributed by atoms with E-state index in [1.807, 2.05) is 4.72 Å². The minimum atomic E-state index is -4.76. The summed E-state index contributed by atoms with van der Waals surface area (Å²) < 4.78 is 125. The van der Waals surface area contributed by atoms with Crippen molar-refractivity contribution in [3.8, 4) is 11.5 Å². The minimum Gasteiger partial charge on any atom is -0.487 e. The lowest BCUT2D eigenvalue weighted by molar-refractivity contribution is -0.153. The molecule has 7 nitrogen and oxygen atoms in total. The van der Waals surface area contributed by atoms with Crippen molar-refractivity contribution in [1.82, 2.24) is 9.78 Å². The van der Waals surface area contributed by atoms with E-state index in [1.165, 1.54) is 10.9 Å². The maximum absolute atomic E-state index is 13.1. The molecular weight excluding hydrogens is 463 g/mol. The number of benzene rings is 1. The Bertz CT molecular complexity index is 993. The number of hydrogen-bond acceptors (Lipinski definition) is 5. The van der Waals surface area contributed by atoms with E-state index in [4.69, 9.17) is 0 Å². The molecule has 1 N–H and O–H groups in total. The van der Waals surface area contributed by atoms with Crippen LogP contribution in [0.1, 0.15) is 6.92 Å². The van der Waals surface area contributed by atoms with Crippen molar-refractivity contribution < 1.29 is 48.6 Å². The lowest BCUT2D eigenvalue weighted by atomic mass is 10.3. The zero-order chi connectivity index (χ0) is 23.4. The summed E-state index contributed by atoms with van der Waals surface area (Å²) in [6.45, 7) is -1.54. The number of rotatable bonds is 10. The third-order valence-corrected chi connectivity index (χ3v) is 4.86. The van der Waals surface area contributed by atoms with Gasteiger partial charge in [0.05, 0.1) is 11.9 Å². The standard InChI is InChI=1S/C16H16F7N3O4S/c1-2-26-7-13(6-24-26)31(27,28)25-10-3-11(29-8-15(19,20)14(17)18)5-12(4-10)30-9-16(21,22)23/h3-7,14,25H,2,8-9H2,1H3. The topological polar surface area (TPSA) is 82.5 Å². The van der Waals surface area contributed by atoms with Crippen molar-refractivity contribution in [1.29, 1.82) is 0 Å². The minimum absolute atomic E-state index is 0.289.